The standard InChI is InChI=1S/C26H25IN2O4/c1-3-12-29-25(30)22(28-26(29)31)14-17-13-21(27)24(23(15-17)32-4-2)33-16-19-10-7-9-18-8-5-6-11-20(18)19/h5-11,13-15H,3-4,12,16H2,1-2H3,(H,28,31)/b22-14+. The number of rotatable bonds is 8. The molecule has 1 fully saturated rings. The maximum Gasteiger partial charge on any atom is 0.329 e. The molecule has 0 aromatic heterocycles. The van der Waals surface area contributed by atoms with Crippen LogP contribution in [-0.4, -0.2) is 30.0 Å². The number of imide groups is 1. The molecule has 1 aliphatic rings. The maximum absolute atomic E-state index is 12.6. The van der Waals surface area contributed by atoms with E-state index < -0.39 is 0 Å². The highest BCUT2D eigenvalue weighted by Crippen LogP contribution is 2.36. The molecule has 1 aliphatic heterocycles. The highest BCUT2D eigenvalue weighted by atomic mass is 127. The SMILES string of the molecule is CCCN1C(=O)N/C(=C/c2cc(I)c(OCc3cccc4ccccc34)c(OCC)c2)C1=O. The van der Waals surface area contributed by atoms with Gasteiger partial charge in [0.05, 0.1) is 10.2 Å². The summed E-state index contributed by atoms with van der Waals surface area (Å²) in [4.78, 5) is 25.9. The van der Waals surface area contributed by atoms with E-state index in [1.165, 1.54) is 10.3 Å². The summed E-state index contributed by atoms with van der Waals surface area (Å²) in [6, 6.07) is 17.8. The Kier molecular flexibility index (Phi) is 7.17. The second kappa shape index (κ2) is 10.2. The number of hydrogen-bond acceptors (Lipinski definition) is 4. The third-order valence-corrected chi connectivity index (χ3v) is 6.11. The smallest absolute Gasteiger partial charge is 0.329 e. The lowest BCUT2D eigenvalue weighted by atomic mass is 10.1. The molecule has 0 atom stereocenters. The molecule has 33 heavy (non-hydrogen) atoms. The van der Waals surface area contributed by atoms with E-state index in [2.05, 4.69) is 52.2 Å². The van der Waals surface area contributed by atoms with Gasteiger partial charge in [0.25, 0.3) is 5.91 Å². The number of fused-ring (bicyclic) bond motifs is 1. The number of carbonyl (C=O) groups excluding carboxylic acids is 2. The predicted molar refractivity (Wildman–Crippen MR) is 137 cm³/mol. The van der Waals surface area contributed by atoms with Crippen molar-refractivity contribution < 1.29 is 19.1 Å². The lowest BCUT2D eigenvalue weighted by Gasteiger charge is -2.16. The minimum atomic E-state index is -0.386. The summed E-state index contributed by atoms with van der Waals surface area (Å²) in [6.07, 6.45) is 2.39. The zero-order chi connectivity index (χ0) is 23.4. The molecular weight excluding hydrogens is 531 g/mol. The average molecular weight is 556 g/mol. The number of benzene rings is 3. The lowest BCUT2D eigenvalue weighted by Crippen LogP contribution is -2.31. The van der Waals surface area contributed by atoms with Gasteiger partial charge in [-0.05, 0) is 76.0 Å². The number of amides is 3. The summed E-state index contributed by atoms with van der Waals surface area (Å²) in [5.41, 5.74) is 2.10. The molecule has 0 spiro atoms. The van der Waals surface area contributed by atoms with Gasteiger partial charge in [-0.1, -0.05) is 49.4 Å². The first-order valence-corrected chi connectivity index (χ1v) is 12.0. The first-order valence-electron chi connectivity index (χ1n) is 10.9. The van der Waals surface area contributed by atoms with E-state index in [9.17, 15) is 9.59 Å². The van der Waals surface area contributed by atoms with Gasteiger partial charge in [-0.25, -0.2) is 4.79 Å². The van der Waals surface area contributed by atoms with Gasteiger partial charge in [0, 0.05) is 6.54 Å². The van der Waals surface area contributed by atoms with Crippen LogP contribution in [0.2, 0.25) is 0 Å². The highest BCUT2D eigenvalue weighted by molar-refractivity contribution is 14.1. The molecule has 0 unspecified atom stereocenters. The largest absolute Gasteiger partial charge is 0.490 e. The minimum absolute atomic E-state index is 0.260. The van der Waals surface area contributed by atoms with Gasteiger partial charge in [-0.3, -0.25) is 9.69 Å². The topological polar surface area (TPSA) is 67.9 Å². The molecule has 1 saturated heterocycles. The Balaban J connectivity index is 1.61. The van der Waals surface area contributed by atoms with E-state index in [-0.39, 0.29) is 17.6 Å². The van der Waals surface area contributed by atoms with Crippen molar-refractivity contribution >= 4 is 51.4 Å². The van der Waals surface area contributed by atoms with Crippen LogP contribution in [0.4, 0.5) is 4.79 Å². The molecule has 1 heterocycles. The molecule has 6 nitrogen and oxygen atoms in total. The first-order chi connectivity index (χ1) is 16.0. The van der Waals surface area contributed by atoms with Gasteiger partial charge in [0.1, 0.15) is 12.3 Å². The maximum atomic E-state index is 12.6. The van der Waals surface area contributed by atoms with Crippen LogP contribution >= 0.6 is 22.6 Å². The molecule has 0 bridgehead atoms. The van der Waals surface area contributed by atoms with Crippen molar-refractivity contribution in [1.82, 2.24) is 10.2 Å². The Morgan fingerprint density at radius 2 is 1.82 bits per heavy atom. The first kappa shape index (κ1) is 23.1. The number of urea groups is 1. The molecule has 4 rings (SSSR count). The predicted octanol–water partition coefficient (Wildman–Crippen LogP) is 5.72. The Morgan fingerprint density at radius 3 is 2.61 bits per heavy atom. The van der Waals surface area contributed by atoms with Crippen molar-refractivity contribution in [3.63, 3.8) is 0 Å². The summed E-state index contributed by atoms with van der Waals surface area (Å²) in [5.74, 6) is 0.937. The number of nitrogens with zero attached hydrogens (tertiary/aromatic N) is 1. The average Bonchev–Trinajstić information content (AvgIpc) is 3.06. The van der Waals surface area contributed by atoms with Crippen LogP contribution in [0.25, 0.3) is 16.8 Å². The minimum Gasteiger partial charge on any atom is -0.490 e. The van der Waals surface area contributed by atoms with Gasteiger partial charge in [0.2, 0.25) is 0 Å². The monoisotopic (exact) mass is 556 g/mol. The van der Waals surface area contributed by atoms with Crippen molar-refractivity contribution in [2.45, 2.75) is 26.9 Å². The fraction of sp³-hybridized carbons (Fsp3) is 0.231. The summed E-state index contributed by atoms with van der Waals surface area (Å²) in [5, 5.41) is 4.98. The number of hydrogen-bond donors (Lipinski definition) is 1. The van der Waals surface area contributed by atoms with E-state index >= 15 is 0 Å². The zero-order valence-electron chi connectivity index (χ0n) is 18.6. The van der Waals surface area contributed by atoms with Gasteiger partial charge < -0.3 is 14.8 Å². The summed E-state index contributed by atoms with van der Waals surface area (Å²) < 4.78 is 12.9. The molecule has 0 radical (unpaired) electrons. The highest BCUT2D eigenvalue weighted by Gasteiger charge is 2.32. The Morgan fingerprint density at radius 1 is 1.03 bits per heavy atom. The Hall–Kier alpha value is -3.07. The van der Waals surface area contributed by atoms with E-state index in [1.54, 1.807) is 6.08 Å². The second-order valence-corrected chi connectivity index (χ2v) is 8.80. The van der Waals surface area contributed by atoms with Crippen LogP contribution < -0.4 is 14.8 Å². The Bertz CT molecular complexity index is 1230. The van der Waals surface area contributed by atoms with Crippen LogP contribution in [-0.2, 0) is 11.4 Å². The van der Waals surface area contributed by atoms with Gasteiger partial charge in [0.15, 0.2) is 11.5 Å². The molecule has 3 aromatic carbocycles. The van der Waals surface area contributed by atoms with Gasteiger partial charge >= 0.3 is 6.03 Å². The number of carbonyl (C=O) groups is 2. The van der Waals surface area contributed by atoms with Crippen molar-refractivity contribution in [2.75, 3.05) is 13.2 Å². The number of halogens is 1. The van der Waals surface area contributed by atoms with Crippen LogP contribution in [0.1, 0.15) is 31.4 Å². The third-order valence-electron chi connectivity index (χ3n) is 5.30. The molecule has 3 amide bonds. The fourth-order valence-corrected chi connectivity index (χ4v) is 4.59. The number of nitrogens with one attached hydrogen (secondary N) is 1. The van der Waals surface area contributed by atoms with Crippen LogP contribution in [0.3, 0.4) is 0 Å². The van der Waals surface area contributed by atoms with Crippen molar-refractivity contribution in [3.05, 3.63) is 75.0 Å². The van der Waals surface area contributed by atoms with E-state index in [0.717, 1.165) is 20.1 Å². The van der Waals surface area contributed by atoms with Gasteiger partial charge in [-0.15, -0.1) is 0 Å². The second-order valence-electron chi connectivity index (χ2n) is 7.63. The van der Waals surface area contributed by atoms with Gasteiger partial charge in [-0.2, -0.15) is 0 Å². The molecule has 1 N–H and O–H groups in total. The van der Waals surface area contributed by atoms with Crippen molar-refractivity contribution in [1.29, 1.82) is 0 Å². The molecule has 7 heteroatoms. The lowest BCUT2D eigenvalue weighted by molar-refractivity contribution is -0.122. The summed E-state index contributed by atoms with van der Waals surface area (Å²) in [6.45, 7) is 5.11. The van der Waals surface area contributed by atoms with Crippen LogP contribution in [0, 0.1) is 3.57 Å². The van der Waals surface area contributed by atoms with E-state index in [0.29, 0.717) is 37.7 Å². The normalized spacial score (nSPS) is 14.8. The quantitative estimate of drug-likeness (QED) is 0.219. The van der Waals surface area contributed by atoms with Crippen molar-refractivity contribution in [2.24, 2.45) is 0 Å². The zero-order valence-corrected chi connectivity index (χ0v) is 20.7. The molecular formula is C26H25IN2O4. The fourth-order valence-electron chi connectivity index (χ4n) is 3.81. The van der Waals surface area contributed by atoms with Crippen molar-refractivity contribution in [3.8, 4) is 11.5 Å². The molecule has 0 aliphatic carbocycles. The summed E-state index contributed by atoms with van der Waals surface area (Å²) >= 11 is 2.21. The Labute approximate surface area is 206 Å². The summed E-state index contributed by atoms with van der Waals surface area (Å²) in [7, 11) is 0. The molecule has 170 valence electrons. The molecule has 0 saturated carbocycles. The van der Waals surface area contributed by atoms with Crippen LogP contribution in [0.15, 0.2) is 60.3 Å². The molecule has 3 aromatic rings. The van der Waals surface area contributed by atoms with E-state index in [4.69, 9.17) is 9.47 Å². The third kappa shape index (κ3) is 4.98. The van der Waals surface area contributed by atoms with E-state index in [1.807, 2.05) is 44.2 Å². The van der Waals surface area contributed by atoms with Crippen LogP contribution in [0.5, 0.6) is 11.5 Å². The number of ether oxygens (including phenoxy) is 2.